The summed E-state index contributed by atoms with van der Waals surface area (Å²) in [5.74, 6) is 0.376. The van der Waals surface area contributed by atoms with Crippen LogP contribution in [-0.4, -0.2) is 43.8 Å². The van der Waals surface area contributed by atoms with E-state index in [1.807, 2.05) is 60.7 Å². The van der Waals surface area contributed by atoms with Gasteiger partial charge in [0.15, 0.2) is 6.29 Å². The van der Waals surface area contributed by atoms with Crippen LogP contribution in [0.5, 0.6) is 0 Å². The summed E-state index contributed by atoms with van der Waals surface area (Å²) in [6, 6.07) is 20.1. The second kappa shape index (κ2) is 11.0. The Kier molecular flexibility index (Phi) is 7.86. The van der Waals surface area contributed by atoms with Crippen LogP contribution in [0.1, 0.15) is 24.0 Å². The first kappa shape index (κ1) is 21.4. The van der Waals surface area contributed by atoms with Crippen LogP contribution in [0.2, 0.25) is 0 Å². The van der Waals surface area contributed by atoms with Crippen molar-refractivity contribution in [1.82, 2.24) is 0 Å². The van der Waals surface area contributed by atoms with E-state index in [-0.39, 0.29) is 37.6 Å². The second-order valence-corrected chi connectivity index (χ2v) is 7.91. The molecule has 0 bridgehead atoms. The van der Waals surface area contributed by atoms with Gasteiger partial charge in [-0.15, -0.1) is 0 Å². The van der Waals surface area contributed by atoms with E-state index in [0.717, 1.165) is 17.5 Å². The van der Waals surface area contributed by atoms with Crippen LogP contribution in [0, 0.1) is 11.8 Å². The lowest BCUT2D eigenvalue weighted by molar-refractivity contribution is -0.138. The monoisotopic (exact) mass is 414 g/mol. The molecule has 1 N–H and O–H groups in total. The molecule has 162 valence electrons. The molecule has 1 saturated heterocycles. The lowest BCUT2D eigenvalue weighted by atomic mass is 9.93. The first-order chi connectivity index (χ1) is 14.8. The van der Waals surface area contributed by atoms with Gasteiger partial charge in [0.2, 0.25) is 0 Å². The highest BCUT2D eigenvalue weighted by Gasteiger charge is 2.49. The van der Waals surface area contributed by atoms with Crippen molar-refractivity contribution in [2.24, 2.45) is 11.8 Å². The maximum absolute atomic E-state index is 9.86. The number of hydrogen-bond acceptors (Lipinski definition) is 6. The molecule has 2 aromatic carbocycles. The molecular formula is C24H30O6. The summed E-state index contributed by atoms with van der Waals surface area (Å²) in [7, 11) is 0. The van der Waals surface area contributed by atoms with Gasteiger partial charge in [-0.05, 0) is 17.0 Å². The smallest absolute Gasteiger partial charge is 0.155 e. The number of aliphatic hydroxyl groups excluding tert-OH is 1. The largest absolute Gasteiger partial charge is 0.368 e. The van der Waals surface area contributed by atoms with Crippen LogP contribution in [-0.2, 0) is 36.9 Å². The second-order valence-electron chi connectivity index (χ2n) is 7.91. The summed E-state index contributed by atoms with van der Waals surface area (Å²) in [6.45, 7) is 2.00. The average Bonchev–Trinajstić information content (AvgIpc) is 3.28. The van der Waals surface area contributed by atoms with Crippen molar-refractivity contribution in [3.05, 3.63) is 71.8 Å². The number of hydrogen-bond donors (Lipinski definition) is 1. The summed E-state index contributed by atoms with van der Waals surface area (Å²) in [6.07, 6.45) is 0.673. The molecule has 6 nitrogen and oxygen atoms in total. The van der Waals surface area contributed by atoms with Gasteiger partial charge in [-0.1, -0.05) is 60.7 Å². The fourth-order valence-electron chi connectivity index (χ4n) is 4.37. The molecule has 1 aliphatic heterocycles. The van der Waals surface area contributed by atoms with Gasteiger partial charge in [0.25, 0.3) is 0 Å². The van der Waals surface area contributed by atoms with E-state index < -0.39 is 6.29 Å². The summed E-state index contributed by atoms with van der Waals surface area (Å²) >= 11 is 0. The molecule has 2 aromatic rings. The molecule has 5 atom stereocenters. The minimum Gasteiger partial charge on any atom is -0.368 e. The van der Waals surface area contributed by atoms with Gasteiger partial charge in [0, 0.05) is 18.8 Å². The van der Waals surface area contributed by atoms with Crippen LogP contribution in [0.4, 0.5) is 0 Å². The zero-order valence-corrected chi connectivity index (χ0v) is 17.1. The van der Waals surface area contributed by atoms with E-state index >= 15 is 0 Å². The van der Waals surface area contributed by atoms with Gasteiger partial charge < -0.3 is 28.8 Å². The lowest BCUT2D eigenvalue weighted by Crippen LogP contribution is -2.29. The van der Waals surface area contributed by atoms with E-state index in [4.69, 9.17) is 23.7 Å². The van der Waals surface area contributed by atoms with Crippen molar-refractivity contribution in [2.75, 3.05) is 20.2 Å². The molecule has 30 heavy (non-hydrogen) atoms. The molecule has 6 heteroatoms. The first-order valence-corrected chi connectivity index (χ1v) is 10.6. The van der Waals surface area contributed by atoms with Gasteiger partial charge in [0.1, 0.15) is 13.6 Å². The van der Waals surface area contributed by atoms with Gasteiger partial charge >= 0.3 is 0 Å². The molecule has 1 saturated carbocycles. The van der Waals surface area contributed by atoms with Crippen LogP contribution in [0.15, 0.2) is 60.7 Å². The van der Waals surface area contributed by atoms with Gasteiger partial charge in [-0.3, -0.25) is 0 Å². The first-order valence-electron chi connectivity index (χ1n) is 10.6. The summed E-state index contributed by atoms with van der Waals surface area (Å²) in [5, 5.41) is 9.86. The zero-order valence-electron chi connectivity index (χ0n) is 17.1. The molecule has 0 spiro atoms. The summed E-state index contributed by atoms with van der Waals surface area (Å²) in [5.41, 5.74) is 2.23. The Hall–Kier alpha value is -1.80. The van der Waals surface area contributed by atoms with Crippen molar-refractivity contribution in [2.45, 2.75) is 44.6 Å². The van der Waals surface area contributed by atoms with Crippen molar-refractivity contribution in [1.29, 1.82) is 0 Å². The molecule has 0 radical (unpaired) electrons. The molecule has 1 heterocycles. The topological polar surface area (TPSA) is 66.4 Å². The maximum Gasteiger partial charge on any atom is 0.155 e. The van der Waals surface area contributed by atoms with E-state index in [9.17, 15) is 5.11 Å². The number of benzene rings is 2. The molecule has 5 unspecified atom stereocenters. The van der Waals surface area contributed by atoms with Crippen LogP contribution in [0.25, 0.3) is 0 Å². The van der Waals surface area contributed by atoms with Gasteiger partial charge in [-0.2, -0.15) is 0 Å². The molecule has 0 amide bonds. The molecule has 0 aromatic heterocycles. The number of ether oxygens (including phenoxy) is 5. The normalized spacial score (nSPS) is 28.0. The van der Waals surface area contributed by atoms with E-state index in [0.29, 0.717) is 26.2 Å². The van der Waals surface area contributed by atoms with Crippen molar-refractivity contribution in [3.8, 4) is 0 Å². The van der Waals surface area contributed by atoms with Gasteiger partial charge in [0.05, 0.1) is 32.0 Å². The number of fused-ring (bicyclic) bond motifs is 1. The highest BCUT2D eigenvalue weighted by molar-refractivity contribution is 5.14. The molecule has 4 rings (SSSR count). The molecule has 2 fully saturated rings. The molecule has 1 aliphatic carbocycles. The van der Waals surface area contributed by atoms with Crippen molar-refractivity contribution < 1.29 is 28.8 Å². The van der Waals surface area contributed by atoms with Crippen LogP contribution < -0.4 is 0 Å². The zero-order chi connectivity index (χ0) is 20.6. The Labute approximate surface area is 177 Å². The third-order valence-electron chi connectivity index (χ3n) is 5.84. The van der Waals surface area contributed by atoms with Crippen LogP contribution >= 0.6 is 0 Å². The minimum atomic E-state index is -0.688. The third kappa shape index (κ3) is 5.88. The Bertz CT molecular complexity index is 740. The van der Waals surface area contributed by atoms with E-state index in [1.165, 1.54) is 0 Å². The predicted octanol–water partition coefficient (Wildman–Crippen LogP) is 3.48. The Morgan fingerprint density at radius 2 is 1.43 bits per heavy atom. The summed E-state index contributed by atoms with van der Waals surface area (Å²) in [4.78, 5) is 0. The molecular weight excluding hydrogens is 384 g/mol. The summed E-state index contributed by atoms with van der Waals surface area (Å²) < 4.78 is 28.8. The minimum absolute atomic E-state index is 0.0120. The Morgan fingerprint density at radius 3 is 2.10 bits per heavy atom. The number of aliphatic hydroxyl groups is 1. The Balaban J connectivity index is 1.20. The SMILES string of the molecule is OC1CC2C(CC(OCOCc3ccccc3)C2COCOCc2ccccc2)O1. The van der Waals surface area contributed by atoms with Crippen molar-refractivity contribution in [3.63, 3.8) is 0 Å². The van der Waals surface area contributed by atoms with E-state index in [1.54, 1.807) is 0 Å². The fourth-order valence-corrected chi connectivity index (χ4v) is 4.37. The predicted molar refractivity (Wildman–Crippen MR) is 110 cm³/mol. The highest BCUT2D eigenvalue weighted by Crippen LogP contribution is 2.44. The van der Waals surface area contributed by atoms with Crippen LogP contribution in [0.3, 0.4) is 0 Å². The molecule has 2 aliphatic rings. The van der Waals surface area contributed by atoms with E-state index in [2.05, 4.69) is 0 Å². The van der Waals surface area contributed by atoms with Crippen molar-refractivity contribution >= 4 is 0 Å². The highest BCUT2D eigenvalue weighted by atomic mass is 16.7. The van der Waals surface area contributed by atoms with Gasteiger partial charge in [-0.25, -0.2) is 0 Å². The number of rotatable bonds is 11. The standard InChI is InChI=1S/C24H30O6/c25-24-11-20-21(15-28-16-26-13-18-7-3-1-4-8-18)22(12-23(20)30-24)29-17-27-14-19-9-5-2-6-10-19/h1-10,20-25H,11-17H2. The quantitative estimate of drug-likeness (QED) is 0.449. The third-order valence-corrected chi connectivity index (χ3v) is 5.84. The Morgan fingerprint density at radius 1 is 0.800 bits per heavy atom. The average molecular weight is 414 g/mol. The lowest BCUT2D eigenvalue weighted by Gasteiger charge is -2.24. The fraction of sp³-hybridized carbons (Fsp3) is 0.500. The maximum atomic E-state index is 9.86.